The summed E-state index contributed by atoms with van der Waals surface area (Å²) in [4.78, 5) is 17.3. The molecule has 3 heterocycles. The summed E-state index contributed by atoms with van der Waals surface area (Å²) in [5.41, 5.74) is 3.18. The third kappa shape index (κ3) is 3.26. The number of nitriles is 1. The number of hydrogen-bond donors (Lipinski definition) is 0. The fourth-order valence-electron chi connectivity index (χ4n) is 2.93. The van der Waals surface area contributed by atoms with E-state index in [1.165, 1.54) is 23.5 Å². The molecule has 0 aliphatic carbocycles. The van der Waals surface area contributed by atoms with Crippen LogP contribution < -0.4 is 0 Å². The van der Waals surface area contributed by atoms with E-state index in [0.717, 1.165) is 11.1 Å². The fourth-order valence-corrected chi connectivity index (χ4v) is 3.89. The number of thiazole rings is 1. The lowest BCUT2D eigenvalue weighted by molar-refractivity contribution is 0.0477. The number of carbonyl (C=O) groups excluding carboxylic acids is 1. The zero-order valence-electron chi connectivity index (χ0n) is 14.8. The first kappa shape index (κ1) is 17.9. The summed E-state index contributed by atoms with van der Waals surface area (Å²) in [6, 6.07) is 13.7. The van der Waals surface area contributed by atoms with E-state index in [9.17, 15) is 14.4 Å². The van der Waals surface area contributed by atoms with Crippen molar-refractivity contribution in [3.8, 4) is 16.6 Å². The molecule has 4 aromatic rings. The maximum absolute atomic E-state index is 13.1. The Hall–Kier alpha value is -3.50. The number of benzene rings is 1. The molecule has 0 unspecified atom stereocenters. The van der Waals surface area contributed by atoms with Crippen LogP contribution >= 0.6 is 11.3 Å². The summed E-state index contributed by atoms with van der Waals surface area (Å²) < 4.78 is 20.4. The van der Waals surface area contributed by atoms with Gasteiger partial charge in [0.25, 0.3) is 0 Å². The van der Waals surface area contributed by atoms with Crippen molar-refractivity contribution in [2.75, 3.05) is 0 Å². The molecule has 0 spiro atoms. The normalized spacial score (nSPS) is 10.8. The molecule has 7 heteroatoms. The van der Waals surface area contributed by atoms with Gasteiger partial charge in [-0.15, -0.1) is 11.3 Å². The molecule has 0 saturated carbocycles. The minimum absolute atomic E-state index is 0.00731. The van der Waals surface area contributed by atoms with E-state index in [0.29, 0.717) is 26.7 Å². The number of carbonyl (C=O) groups is 1. The van der Waals surface area contributed by atoms with Gasteiger partial charge in [-0.25, -0.2) is 14.2 Å². The Morgan fingerprint density at radius 3 is 2.82 bits per heavy atom. The number of hydrogen-bond acceptors (Lipinski definition) is 5. The number of esters is 1. The average molecular weight is 391 g/mol. The minimum atomic E-state index is -0.498. The van der Waals surface area contributed by atoms with Gasteiger partial charge in [0.15, 0.2) is 0 Å². The van der Waals surface area contributed by atoms with Crippen LogP contribution in [0.25, 0.3) is 16.1 Å². The first-order chi connectivity index (χ1) is 13.6. The second-order valence-corrected chi connectivity index (χ2v) is 7.15. The highest BCUT2D eigenvalue weighted by atomic mass is 32.1. The molecule has 0 atom stereocenters. The van der Waals surface area contributed by atoms with Crippen LogP contribution in [0, 0.1) is 24.1 Å². The van der Waals surface area contributed by atoms with E-state index < -0.39 is 5.97 Å². The summed E-state index contributed by atoms with van der Waals surface area (Å²) in [7, 11) is 0. The number of ether oxygens (including phenoxy) is 1. The van der Waals surface area contributed by atoms with E-state index in [1.54, 1.807) is 25.3 Å². The van der Waals surface area contributed by atoms with E-state index in [2.05, 4.69) is 11.1 Å². The zero-order chi connectivity index (χ0) is 19.7. The van der Waals surface area contributed by atoms with Crippen LogP contribution in [0.5, 0.6) is 0 Å². The van der Waals surface area contributed by atoms with Gasteiger partial charge in [-0.2, -0.15) is 5.26 Å². The van der Waals surface area contributed by atoms with Gasteiger partial charge in [0.2, 0.25) is 0 Å². The van der Waals surface area contributed by atoms with Crippen LogP contribution in [0.1, 0.15) is 26.5 Å². The van der Waals surface area contributed by atoms with E-state index in [1.807, 2.05) is 28.8 Å². The van der Waals surface area contributed by atoms with Crippen molar-refractivity contribution < 1.29 is 13.9 Å². The van der Waals surface area contributed by atoms with E-state index >= 15 is 0 Å². The first-order valence-corrected chi connectivity index (χ1v) is 9.27. The third-order valence-corrected chi connectivity index (χ3v) is 5.49. The minimum Gasteiger partial charge on any atom is -0.456 e. The maximum atomic E-state index is 13.1. The quantitative estimate of drug-likeness (QED) is 0.471. The Morgan fingerprint density at radius 2 is 2.07 bits per heavy atom. The zero-order valence-corrected chi connectivity index (χ0v) is 15.7. The molecule has 0 aliphatic rings. The summed E-state index contributed by atoms with van der Waals surface area (Å²) in [6.45, 7) is 1.72. The highest BCUT2D eigenvalue weighted by molar-refractivity contribution is 7.17. The molecular formula is C21H14FN3O2S. The topological polar surface area (TPSA) is 67.4 Å². The summed E-state index contributed by atoms with van der Waals surface area (Å²) in [5, 5.41) is 10.1. The van der Waals surface area contributed by atoms with Crippen LogP contribution in [-0.4, -0.2) is 15.4 Å². The van der Waals surface area contributed by atoms with Gasteiger partial charge in [0.1, 0.15) is 28.4 Å². The van der Waals surface area contributed by atoms with Crippen LogP contribution in [-0.2, 0) is 11.3 Å². The predicted molar refractivity (Wildman–Crippen MR) is 103 cm³/mol. The largest absolute Gasteiger partial charge is 0.456 e. The highest BCUT2D eigenvalue weighted by Crippen LogP contribution is 2.29. The summed E-state index contributed by atoms with van der Waals surface area (Å²) in [6.07, 6.45) is 3.62. The molecule has 0 saturated heterocycles. The molecular weight excluding hydrogens is 377 g/mol. The molecule has 0 amide bonds. The lowest BCUT2D eigenvalue weighted by atomic mass is 10.2. The molecule has 0 aliphatic heterocycles. The SMILES string of the molecule is Cc1nc(-c2ccc(F)cc2)sc1C(=O)OCc1cn2ccccc2c1C#N. The van der Waals surface area contributed by atoms with Gasteiger partial charge >= 0.3 is 5.97 Å². The van der Waals surface area contributed by atoms with Gasteiger partial charge in [-0.05, 0) is 43.3 Å². The van der Waals surface area contributed by atoms with E-state index in [4.69, 9.17) is 4.74 Å². The molecule has 0 fully saturated rings. The molecule has 28 heavy (non-hydrogen) atoms. The Kier molecular flexibility index (Phi) is 4.63. The summed E-state index contributed by atoms with van der Waals surface area (Å²) in [5.74, 6) is -0.826. The highest BCUT2D eigenvalue weighted by Gasteiger charge is 2.19. The Balaban J connectivity index is 1.55. The lowest BCUT2D eigenvalue weighted by Gasteiger charge is -2.02. The molecule has 0 radical (unpaired) electrons. The van der Waals surface area contributed by atoms with Crippen LogP contribution in [0.4, 0.5) is 4.39 Å². The van der Waals surface area contributed by atoms with Crippen LogP contribution in [0.3, 0.4) is 0 Å². The van der Waals surface area contributed by atoms with E-state index in [-0.39, 0.29) is 12.4 Å². The van der Waals surface area contributed by atoms with Crippen molar-refractivity contribution in [3.05, 3.63) is 82.4 Å². The van der Waals surface area contributed by atoms with Crippen molar-refractivity contribution in [3.63, 3.8) is 0 Å². The molecule has 4 rings (SSSR count). The molecule has 0 N–H and O–H groups in total. The monoisotopic (exact) mass is 391 g/mol. The lowest BCUT2D eigenvalue weighted by Crippen LogP contribution is -2.05. The summed E-state index contributed by atoms with van der Waals surface area (Å²) >= 11 is 1.20. The van der Waals surface area contributed by atoms with Gasteiger partial charge in [0, 0.05) is 23.5 Å². The number of pyridine rings is 1. The van der Waals surface area contributed by atoms with Crippen LogP contribution in [0.2, 0.25) is 0 Å². The second-order valence-electron chi connectivity index (χ2n) is 6.15. The van der Waals surface area contributed by atoms with Crippen molar-refractivity contribution in [2.45, 2.75) is 13.5 Å². The third-order valence-electron chi connectivity index (χ3n) is 4.31. The molecule has 3 aromatic heterocycles. The Bertz CT molecular complexity index is 1220. The number of nitrogens with zero attached hydrogens (tertiary/aromatic N) is 3. The molecule has 138 valence electrons. The molecule has 0 bridgehead atoms. The standard InChI is InChI=1S/C21H14FN3O2S/c1-13-19(28-20(24-13)14-5-7-16(22)8-6-14)21(26)27-12-15-11-25-9-3-2-4-18(25)17(15)10-23/h2-9,11H,12H2,1H3. The molecule has 5 nitrogen and oxygen atoms in total. The van der Waals surface area contributed by atoms with Crippen molar-refractivity contribution in [2.24, 2.45) is 0 Å². The number of rotatable bonds is 4. The Labute approximate surface area is 164 Å². The van der Waals surface area contributed by atoms with Gasteiger partial charge < -0.3 is 9.14 Å². The fraction of sp³-hybridized carbons (Fsp3) is 0.0952. The molecule has 1 aromatic carbocycles. The second kappa shape index (κ2) is 7.25. The number of aryl methyl sites for hydroxylation is 1. The van der Waals surface area contributed by atoms with Crippen molar-refractivity contribution in [1.29, 1.82) is 5.26 Å². The number of halogens is 1. The van der Waals surface area contributed by atoms with Gasteiger partial charge in [0.05, 0.1) is 16.8 Å². The number of fused-ring (bicyclic) bond motifs is 1. The average Bonchev–Trinajstić information content (AvgIpc) is 3.26. The maximum Gasteiger partial charge on any atom is 0.350 e. The number of aromatic nitrogens is 2. The first-order valence-electron chi connectivity index (χ1n) is 8.46. The Morgan fingerprint density at radius 1 is 1.29 bits per heavy atom. The van der Waals surface area contributed by atoms with Crippen molar-refractivity contribution >= 4 is 22.8 Å². The van der Waals surface area contributed by atoms with Crippen LogP contribution in [0.15, 0.2) is 54.9 Å². The van der Waals surface area contributed by atoms with Crippen molar-refractivity contribution in [1.82, 2.24) is 9.38 Å². The van der Waals surface area contributed by atoms with Gasteiger partial charge in [-0.1, -0.05) is 6.07 Å². The predicted octanol–water partition coefficient (Wildman–Crippen LogP) is 4.74. The van der Waals surface area contributed by atoms with Gasteiger partial charge in [-0.3, -0.25) is 0 Å². The smallest absolute Gasteiger partial charge is 0.350 e.